The SMILES string of the molecule is COc1cc(F)c(CN2CCCN(Cc3nccs3)CC2)cc1OC. The normalized spacial score (nSPS) is 16.6. The van der Waals surface area contributed by atoms with E-state index in [1.165, 1.54) is 13.2 Å². The first-order valence-corrected chi connectivity index (χ1v) is 9.31. The third kappa shape index (κ3) is 4.68. The number of thiazole rings is 1. The summed E-state index contributed by atoms with van der Waals surface area (Å²) in [4.78, 5) is 9.08. The molecule has 0 amide bonds. The van der Waals surface area contributed by atoms with Crippen molar-refractivity contribution in [1.29, 1.82) is 0 Å². The molecule has 1 saturated heterocycles. The average Bonchev–Trinajstić information content (AvgIpc) is 3.03. The lowest BCUT2D eigenvalue weighted by Gasteiger charge is -2.22. The second-order valence-corrected chi connectivity index (χ2v) is 7.11. The lowest BCUT2D eigenvalue weighted by molar-refractivity contribution is 0.244. The van der Waals surface area contributed by atoms with Crippen LogP contribution in [0.15, 0.2) is 23.7 Å². The summed E-state index contributed by atoms with van der Waals surface area (Å²) < 4.78 is 24.8. The van der Waals surface area contributed by atoms with Crippen LogP contribution in [0.25, 0.3) is 0 Å². The smallest absolute Gasteiger partial charge is 0.163 e. The van der Waals surface area contributed by atoms with Crippen LogP contribution >= 0.6 is 11.3 Å². The minimum Gasteiger partial charge on any atom is -0.493 e. The van der Waals surface area contributed by atoms with Crippen LogP contribution in [0, 0.1) is 5.82 Å². The van der Waals surface area contributed by atoms with E-state index in [4.69, 9.17) is 9.47 Å². The molecule has 0 radical (unpaired) electrons. The summed E-state index contributed by atoms with van der Waals surface area (Å²) in [5, 5.41) is 3.17. The molecule has 1 aromatic carbocycles. The molecule has 1 aliphatic heterocycles. The van der Waals surface area contributed by atoms with Gasteiger partial charge in [-0.3, -0.25) is 9.80 Å². The van der Waals surface area contributed by atoms with Gasteiger partial charge < -0.3 is 9.47 Å². The highest BCUT2D eigenvalue weighted by Gasteiger charge is 2.18. The van der Waals surface area contributed by atoms with Gasteiger partial charge in [-0.1, -0.05) is 0 Å². The zero-order valence-corrected chi connectivity index (χ0v) is 15.5. The van der Waals surface area contributed by atoms with Crippen molar-refractivity contribution in [1.82, 2.24) is 14.8 Å². The van der Waals surface area contributed by atoms with Gasteiger partial charge in [0.2, 0.25) is 0 Å². The molecule has 1 aliphatic rings. The molecule has 3 rings (SSSR count). The van der Waals surface area contributed by atoms with Crippen molar-refractivity contribution in [3.63, 3.8) is 0 Å². The van der Waals surface area contributed by atoms with Gasteiger partial charge in [0.15, 0.2) is 11.5 Å². The number of rotatable bonds is 6. The van der Waals surface area contributed by atoms with Gasteiger partial charge in [-0.25, -0.2) is 9.37 Å². The highest BCUT2D eigenvalue weighted by molar-refractivity contribution is 7.09. The fourth-order valence-electron chi connectivity index (χ4n) is 3.12. The first kappa shape index (κ1) is 18.1. The summed E-state index contributed by atoms with van der Waals surface area (Å²) in [7, 11) is 3.09. The Morgan fingerprint density at radius 2 is 1.72 bits per heavy atom. The Hall–Kier alpha value is -1.70. The van der Waals surface area contributed by atoms with Gasteiger partial charge in [0.25, 0.3) is 0 Å². The minimum atomic E-state index is -0.249. The average molecular weight is 365 g/mol. The van der Waals surface area contributed by atoms with E-state index < -0.39 is 0 Å². The molecule has 0 spiro atoms. The molecule has 5 nitrogen and oxygen atoms in total. The van der Waals surface area contributed by atoms with E-state index in [1.54, 1.807) is 24.5 Å². The van der Waals surface area contributed by atoms with Gasteiger partial charge in [-0.15, -0.1) is 11.3 Å². The number of hydrogen-bond acceptors (Lipinski definition) is 6. The monoisotopic (exact) mass is 365 g/mol. The second-order valence-electron chi connectivity index (χ2n) is 6.13. The molecule has 0 atom stereocenters. The molecule has 25 heavy (non-hydrogen) atoms. The summed E-state index contributed by atoms with van der Waals surface area (Å²) in [6.07, 6.45) is 2.92. The zero-order chi connectivity index (χ0) is 17.6. The van der Waals surface area contributed by atoms with E-state index in [0.717, 1.165) is 44.2 Å². The number of nitrogens with zero attached hydrogens (tertiary/aromatic N) is 3. The molecule has 136 valence electrons. The molecule has 0 N–H and O–H groups in total. The molecule has 1 aromatic heterocycles. The Morgan fingerprint density at radius 3 is 2.36 bits per heavy atom. The third-order valence-corrected chi connectivity index (χ3v) is 5.23. The molecule has 2 aromatic rings. The predicted octanol–water partition coefficient (Wildman–Crippen LogP) is 3.01. The Balaban J connectivity index is 1.62. The Kier molecular flexibility index (Phi) is 6.23. The summed E-state index contributed by atoms with van der Waals surface area (Å²) in [5.41, 5.74) is 0.644. The minimum absolute atomic E-state index is 0.249. The van der Waals surface area contributed by atoms with Crippen molar-refractivity contribution in [3.05, 3.63) is 40.1 Å². The first-order chi connectivity index (χ1) is 12.2. The number of halogens is 1. The second kappa shape index (κ2) is 8.60. The maximum atomic E-state index is 14.4. The standard InChI is InChI=1S/C18H24FN3O2S/c1-23-16-10-14(15(19)11-17(16)24-2)12-21-5-3-6-22(8-7-21)13-18-20-4-9-25-18/h4,9-11H,3,5-8,12-13H2,1-2H3. The first-order valence-electron chi connectivity index (χ1n) is 8.43. The van der Waals surface area contributed by atoms with Crippen LogP contribution in [-0.2, 0) is 13.1 Å². The molecule has 0 saturated carbocycles. The molecule has 0 unspecified atom stereocenters. The number of hydrogen-bond donors (Lipinski definition) is 0. The molecule has 7 heteroatoms. The van der Waals surface area contributed by atoms with Crippen LogP contribution < -0.4 is 9.47 Å². The maximum Gasteiger partial charge on any atom is 0.163 e. The van der Waals surface area contributed by atoms with Gasteiger partial charge in [0.05, 0.1) is 20.8 Å². The lowest BCUT2D eigenvalue weighted by atomic mass is 10.1. The van der Waals surface area contributed by atoms with E-state index in [1.807, 2.05) is 11.6 Å². The Bertz CT molecular complexity index is 681. The topological polar surface area (TPSA) is 37.8 Å². The van der Waals surface area contributed by atoms with Crippen molar-refractivity contribution >= 4 is 11.3 Å². The van der Waals surface area contributed by atoms with Crippen molar-refractivity contribution in [2.75, 3.05) is 40.4 Å². The van der Waals surface area contributed by atoms with Gasteiger partial charge in [0, 0.05) is 42.8 Å². The number of benzene rings is 1. The molecular formula is C18H24FN3O2S. The van der Waals surface area contributed by atoms with Crippen LogP contribution in [0.4, 0.5) is 4.39 Å². The van der Waals surface area contributed by atoms with Crippen LogP contribution in [-0.4, -0.2) is 55.2 Å². The zero-order valence-electron chi connectivity index (χ0n) is 14.7. The van der Waals surface area contributed by atoms with Gasteiger partial charge in [0.1, 0.15) is 10.8 Å². The van der Waals surface area contributed by atoms with E-state index in [-0.39, 0.29) is 5.82 Å². The summed E-state index contributed by atoms with van der Waals surface area (Å²) in [5.74, 6) is 0.745. The lowest BCUT2D eigenvalue weighted by Crippen LogP contribution is -2.30. The van der Waals surface area contributed by atoms with Crippen LogP contribution in [0.1, 0.15) is 17.0 Å². The fourth-order valence-corrected chi connectivity index (χ4v) is 3.78. The van der Waals surface area contributed by atoms with E-state index in [0.29, 0.717) is 23.6 Å². The largest absolute Gasteiger partial charge is 0.493 e. The van der Waals surface area contributed by atoms with E-state index in [9.17, 15) is 4.39 Å². The number of aromatic nitrogens is 1. The van der Waals surface area contributed by atoms with Crippen LogP contribution in [0.5, 0.6) is 11.5 Å². The highest BCUT2D eigenvalue weighted by Crippen LogP contribution is 2.30. The summed E-state index contributed by atoms with van der Waals surface area (Å²) in [6.45, 7) is 5.37. The van der Waals surface area contributed by atoms with Crippen molar-refractivity contribution < 1.29 is 13.9 Å². The van der Waals surface area contributed by atoms with Crippen molar-refractivity contribution in [3.8, 4) is 11.5 Å². The van der Waals surface area contributed by atoms with Crippen molar-refractivity contribution in [2.45, 2.75) is 19.5 Å². The molecule has 2 heterocycles. The van der Waals surface area contributed by atoms with Crippen LogP contribution in [0.3, 0.4) is 0 Å². The van der Waals surface area contributed by atoms with E-state index >= 15 is 0 Å². The van der Waals surface area contributed by atoms with E-state index in [2.05, 4.69) is 14.8 Å². The third-order valence-electron chi connectivity index (χ3n) is 4.47. The highest BCUT2D eigenvalue weighted by atomic mass is 32.1. The summed E-state index contributed by atoms with van der Waals surface area (Å²) in [6, 6.07) is 3.15. The van der Waals surface area contributed by atoms with Gasteiger partial charge in [-0.2, -0.15) is 0 Å². The van der Waals surface area contributed by atoms with Gasteiger partial charge >= 0.3 is 0 Å². The molecular weight excluding hydrogens is 341 g/mol. The number of methoxy groups -OCH3 is 2. The fraction of sp³-hybridized carbons (Fsp3) is 0.500. The molecule has 0 aliphatic carbocycles. The maximum absolute atomic E-state index is 14.4. The summed E-state index contributed by atoms with van der Waals surface area (Å²) >= 11 is 1.69. The quantitative estimate of drug-likeness (QED) is 0.787. The van der Waals surface area contributed by atoms with Gasteiger partial charge in [-0.05, 0) is 25.6 Å². The Morgan fingerprint density at radius 1 is 1.04 bits per heavy atom. The molecule has 0 bridgehead atoms. The van der Waals surface area contributed by atoms with Crippen molar-refractivity contribution in [2.24, 2.45) is 0 Å². The predicted molar refractivity (Wildman–Crippen MR) is 96.8 cm³/mol. The number of ether oxygens (including phenoxy) is 2. The Labute approximate surface area is 152 Å². The molecule has 1 fully saturated rings. The van der Waals surface area contributed by atoms with Crippen LogP contribution in [0.2, 0.25) is 0 Å².